The van der Waals surface area contributed by atoms with Crippen molar-refractivity contribution in [1.82, 2.24) is 9.78 Å². The molecule has 0 radical (unpaired) electrons. The van der Waals surface area contributed by atoms with Gasteiger partial charge in [0.1, 0.15) is 0 Å². The van der Waals surface area contributed by atoms with Crippen molar-refractivity contribution in [2.24, 2.45) is 13.0 Å². The molecule has 1 aromatic heterocycles. The lowest BCUT2D eigenvalue weighted by Gasteiger charge is -2.21. The van der Waals surface area contributed by atoms with Crippen molar-refractivity contribution in [3.05, 3.63) is 47.8 Å². The van der Waals surface area contributed by atoms with Crippen LogP contribution in [0.4, 0.5) is 5.69 Å². The monoisotopic (exact) mass is 294 g/mol. The summed E-state index contributed by atoms with van der Waals surface area (Å²) in [6.45, 7) is 2.60. The quantitative estimate of drug-likeness (QED) is 0.870. The number of nitriles is 1. The Balaban J connectivity index is 1.74. The Morgan fingerprint density at radius 1 is 1.45 bits per heavy atom. The zero-order chi connectivity index (χ0) is 15.7. The van der Waals surface area contributed by atoms with Crippen LogP contribution in [0.2, 0.25) is 0 Å². The minimum absolute atomic E-state index is 0.0415. The van der Waals surface area contributed by atoms with Gasteiger partial charge in [0.2, 0.25) is 5.91 Å². The van der Waals surface area contributed by atoms with E-state index in [0.29, 0.717) is 12.1 Å². The van der Waals surface area contributed by atoms with Crippen molar-refractivity contribution in [2.45, 2.75) is 19.3 Å². The predicted octanol–water partition coefficient (Wildman–Crippen LogP) is 2.45. The van der Waals surface area contributed by atoms with E-state index in [1.54, 1.807) is 21.7 Å². The van der Waals surface area contributed by atoms with E-state index in [1.807, 2.05) is 38.5 Å². The Labute approximate surface area is 129 Å². The molecule has 2 atom stereocenters. The summed E-state index contributed by atoms with van der Waals surface area (Å²) in [4.78, 5) is 14.5. The number of aryl methyl sites for hydroxylation is 1. The minimum Gasteiger partial charge on any atom is -0.312 e. The smallest absolute Gasteiger partial charge is 0.230 e. The van der Waals surface area contributed by atoms with Crippen molar-refractivity contribution in [1.29, 1.82) is 5.26 Å². The lowest BCUT2D eigenvalue weighted by Crippen LogP contribution is -2.32. The van der Waals surface area contributed by atoms with Crippen LogP contribution in [0.1, 0.15) is 30.4 Å². The summed E-state index contributed by atoms with van der Waals surface area (Å²) in [5.74, 6) is 0.481. The largest absolute Gasteiger partial charge is 0.312 e. The molecule has 0 saturated heterocycles. The van der Waals surface area contributed by atoms with Crippen molar-refractivity contribution in [2.75, 3.05) is 11.4 Å². The normalized spacial score (nSPS) is 19.5. The zero-order valence-electron chi connectivity index (χ0n) is 12.7. The van der Waals surface area contributed by atoms with Crippen LogP contribution >= 0.6 is 0 Å². The van der Waals surface area contributed by atoms with Crippen LogP contribution < -0.4 is 4.90 Å². The van der Waals surface area contributed by atoms with E-state index in [9.17, 15) is 4.79 Å². The second kappa shape index (κ2) is 5.64. The second-order valence-corrected chi connectivity index (χ2v) is 5.64. The van der Waals surface area contributed by atoms with E-state index in [1.165, 1.54) is 0 Å². The van der Waals surface area contributed by atoms with Crippen molar-refractivity contribution in [3.63, 3.8) is 0 Å². The molecular weight excluding hydrogens is 276 g/mol. The molecule has 1 amide bonds. The van der Waals surface area contributed by atoms with Gasteiger partial charge < -0.3 is 4.90 Å². The molecule has 1 fully saturated rings. The maximum Gasteiger partial charge on any atom is 0.230 e. The van der Waals surface area contributed by atoms with Crippen molar-refractivity contribution < 1.29 is 4.79 Å². The molecule has 5 heteroatoms. The highest BCUT2D eigenvalue weighted by Gasteiger charge is 2.46. The first-order chi connectivity index (χ1) is 10.6. The fraction of sp³-hybridized carbons (Fsp3) is 0.353. The molecule has 1 saturated carbocycles. The fourth-order valence-corrected chi connectivity index (χ4v) is 2.85. The van der Waals surface area contributed by atoms with Crippen LogP contribution in [-0.4, -0.2) is 22.2 Å². The highest BCUT2D eigenvalue weighted by atomic mass is 16.2. The van der Waals surface area contributed by atoms with E-state index in [-0.39, 0.29) is 17.7 Å². The second-order valence-electron chi connectivity index (χ2n) is 5.64. The van der Waals surface area contributed by atoms with E-state index in [4.69, 9.17) is 5.26 Å². The number of amides is 1. The van der Waals surface area contributed by atoms with Crippen LogP contribution in [-0.2, 0) is 11.8 Å². The summed E-state index contributed by atoms with van der Waals surface area (Å²) in [6.07, 6.45) is 4.71. The molecule has 3 rings (SSSR count). The molecular formula is C17H18N4O. The van der Waals surface area contributed by atoms with Gasteiger partial charge in [0.05, 0.1) is 17.8 Å². The summed E-state index contributed by atoms with van der Waals surface area (Å²) in [5, 5.41) is 13.0. The lowest BCUT2D eigenvalue weighted by molar-refractivity contribution is -0.119. The number of aromatic nitrogens is 2. The summed E-state index contributed by atoms with van der Waals surface area (Å²) in [5.41, 5.74) is 2.59. The molecule has 0 aliphatic heterocycles. The van der Waals surface area contributed by atoms with Crippen LogP contribution in [0.5, 0.6) is 0 Å². The van der Waals surface area contributed by atoms with E-state index in [0.717, 1.165) is 17.7 Å². The van der Waals surface area contributed by atoms with Gasteiger partial charge in [-0.1, -0.05) is 0 Å². The SMILES string of the molecule is CCN(C(=O)[C@H]1C[C@@H]1c1cnn(C)c1)c1ccc(C#N)cc1. The average Bonchev–Trinajstić information content (AvgIpc) is 3.23. The first kappa shape index (κ1) is 14.3. The van der Waals surface area contributed by atoms with Gasteiger partial charge in [0.25, 0.3) is 0 Å². The molecule has 1 aliphatic carbocycles. The third-order valence-electron chi connectivity index (χ3n) is 4.15. The molecule has 0 bridgehead atoms. The molecule has 1 heterocycles. The Kier molecular flexibility index (Phi) is 3.68. The Hall–Kier alpha value is -2.61. The molecule has 1 aliphatic rings. The number of rotatable bonds is 4. The Morgan fingerprint density at radius 2 is 2.18 bits per heavy atom. The summed E-state index contributed by atoms with van der Waals surface area (Å²) in [7, 11) is 1.89. The minimum atomic E-state index is 0.0415. The first-order valence-electron chi connectivity index (χ1n) is 7.44. The lowest BCUT2D eigenvalue weighted by atomic mass is 10.1. The van der Waals surface area contributed by atoms with Gasteiger partial charge in [-0.25, -0.2) is 0 Å². The van der Waals surface area contributed by atoms with E-state index in [2.05, 4.69) is 11.2 Å². The van der Waals surface area contributed by atoms with Crippen LogP contribution in [0.3, 0.4) is 0 Å². The van der Waals surface area contributed by atoms with Crippen molar-refractivity contribution in [3.8, 4) is 6.07 Å². The molecule has 0 N–H and O–H groups in total. The van der Waals surface area contributed by atoms with E-state index >= 15 is 0 Å². The standard InChI is InChI=1S/C17H18N4O/c1-3-21(14-6-4-12(9-18)5-7-14)17(22)16-8-15(16)13-10-19-20(2)11-13/h4-7,10-11,15-16H,3,8H2,1-2H3/t15-,16+/m1/s1. The highest BCUT2D eigenvalue weighted by molar-refractivity contribution is 5.97. The summed E-state index contributed by atoms with van der Waals surface area (Å²) >= 11 is 0. The highest BCUT2D eigenvalue weighted by Crippen LogP contribution is 2.48. The number of carbonyl (C=O) groups excluding carboxylic acids is 1. The van der Waals surface area contributed by atoms with Gasteiger partial charge >= 0.3 is 0 Å². The van der Waals surface area contributed by atoms with Gasteiger partial charge in [-0.2, -0.15) is 10.4 Å². The van der Waals surface area contributed by atoms with Gasteiger partial charge in [-0.05, 0) is 49.1 Å². The molecule has 1 aromatic carbocycles. The molecule has 112 valence electrons. The maximum absolute atomic E-state index is 12.7. The van der Waals surface area contributed by atoms with Gasteiger partial charge in [-0.3, -0.25) is 9.48 Å². The predicted molar refractivity (Wildman–Crippen MR) is 83.2 cm³/mol. The number of benzene rings is 1. The fourth-order valence-electron chi connectivity index (χ4n) is 2.85. The molecule has 5 nitrogen and oxygen atoms in total. The number of hydrogen-bond donors (Lipinski definition) is 0. The Bertz CT molecular complexity index is 726. The number of anilines is 1. The Morgan fingerprint density at radius 3 is 2.73 bits per heavy atom. The molecule has 0 spiro atoms. The molecule has 2 aromatic rings. The summed E-state index contributed by atoms with van der Waals surface area (Å²) < 4.78 is 1.77. The van der Waals surface area contributed by atoms with E-state index < -0.39 is 0 Å². The summed E-state index contributed by atoms with van der Waals surface area (Å²) in [6, 6.07) is 9.26. The first-order valence-corrected chi connectivity index (χ1v) is 7.44. The number of nitrogens with zero attached hydrogens (tertiary/aromatic N) is 4. The van der Waals surface area contributed by atoms with Gasteiger partial charge in [0, 0.05) is 31.4 Å². The van der Waals surface area contributed by atoms with Crippen LogP contribution in [0, 0.1) is 17.2 Å². The van der Waals surface area contributed by atoms with Gasteiger partial charge in [-0.15, -0.1) is 0 Å². The van der Waals surface area contributed by atoms with Crippen LogP contribution in [0.15, 0.2) is 36.7 Å². The number of carbonyl (C=O) groups is 1. The van der Waals surface area contributed by atoms with Crippen LogP contribution in [0.25, 0.3) is 0 Å². The third-order valence-corrected chi connectivity index (χ3v) is 4.15. The maximum atomic E-state index is 12.7. The topological polar surface area (TPSA) is 61.9 Å². The number of hydrogen-bond acceptors (Lipinski definition) is 3. The zero-order valence-corrected chi connectivity index (χ0v) is 12.7. The van der Waals surface area contributed by atoms with Gasteiger partial charge in [0.15, 0.2) is 0 Å². The molecule has 0 unspecified atom stereocenters. The molecule has 22 heavy (non-hydrogen) atoms. The van der Waals surface area contributed by atoms with Crippen molar-refractivity contribution >= 4 is 11.6 Å². The third kappa shape index (κ3) is 2.60. The average molecular weight is 294 g/mol.